The van der Waals surface area contributed by atoms with Crippen LogP contribution in [0.2, 0.25) is 0 Å². The quantitative estimate of drug-likeness (QED) is 0.113. The van der Waals surface area contributed by atoms with Crippen molar-refractivity contribution >= 4 is 44.0 Å². The number of halogens is 1. The number of benzene rings is 4. The number of methoxy groups -OCH3 is 1. The average Bonchev–Trinajstić information content (AvgIpc) is 2.86. The Morgan fingerprint density at radius 2 is 1.82 bits per heavy atom. The fourth-order valence-corrected chi connectivity index (χ4v) is 3.98. The molecule has 0 aliphatic rings. The van der Waals surface area contributed by atoms with Gasteiger partial charge in [-0.1, -0.05) is 64.5 Å². The number of nitrogens with zero attached hydrogens (tertiary/aromatic N) is 2. The van der Waals surface area contributed by atoms with E-state index in [9.17, 15) is 15.4 Å². The third kappa shape index (κ3) is 5.08. The standard InChI is InChI=1S/C27H19BrN2O4/c1-33-26-14-22(13-23(16-29)21-10-9-19-6-2-3-7-20(19)12-21)25(28)15-27(26)34-17-18-5-4-8-24(11-18)30(31)32/h2-15H,17H2,1H3/b23-13-. The van der Waals surface area contributed by atoms with E-state index < -0.39 is 4.92 Å². The van der Waals surface area contributed by atoms with Gasteiger partial charge in [0.1, 0.15) is 6.61 Å². The van der Waals surface area contributed by atoms with Crippen molar-refractivity contribution in [3.8, 4) is 17.6 Å². The Labute approximate surface area is 205 Å². The summed E-state index contributed by atoms with van der Waals surface area (Å²) in [6, 6.07) is 26.0. The molecular formula is C27H19BrN2O4. The van der Waals surface area contributed by atoms with Crippen LogP contribution in [0.4, 0.5) is 5.69 Å². The van der Waals surface area contributed by atoms with Gasteiger partial charge in [-0.05, 0) is 51.7 Å². The lowest BCUT2D eigenvalue weighted by Crippen LogP contribution is -1.99. The van der Waals surface area contributed by atoms with Crippen LogP contribution >= 0.6 is 15.9 Å². The normalized spacial score (nSPS) is 11.1. The van der Waals surface area contributed by atoms with Gasteiger partial charge < -0.3 is 9.47 Å². The zero-order valence-electron chi connectivity index (χ0n) is 18.2. The van der Waals surface area contributed by atoms with Crippen molar-refractivity contribution in [2.75, 3.05) is 7.11 Å². The molecule has 0 heterocycles. The number of hydrogen-bond donors (Lipinski definition) is 0. The molecule has 0 N–H and O–H groups in total. The summed E-state index contributed by atoms with van der Waals surface area (Å²) < 4.78 is 12.1. The molecule has 0 bridgehead atoms. The van der Waals surface area contributed by atoms with Gasteiger partial charge in [0.25, 0.3) is 5.69 Å². The van der Waals surface area contributed by atoms with Gasteiger partial charge in [0.2, 0.25) is 0 Å². The van der Waals surface area contributed by atoms with Crippen LogP contribution in [0.1, 0.15) is 16.7 Å². The SMILES string of the molecule is COc1cc(/C=C(/C#N)c2ccc3ccccc3c2)c(Br)cc1OCc1cccc([N+](=O)[O-])c1. The van der Waals surface area contributed by atoms with Crippen LogP contribution in [0.15, 0.2) is 83.3 Å². The fourth-order valence-electron chi connectivity index (χ4n) is 3.55. The molecule has 4 aromatic rings. The lowest BCUT2D eigenvalue weighted by molar-refractivity contribution is -0.384. The predicted octanol–water partition coefficient (Wildman–Crippen LogP) is 7.16. The molecular weight excluding hydrogens is 496 g/mol. The van der Waals surface area contributed by atoms with Crippen LogP contribution in [-0.2, 0) is 6.61 Å². The molecule has 0 unspecified atom stereocenters. The van der Waals surface area contributed by atoms with Gasteiger partial charge in [0.05, 0.1) is 23.7 Å². The molecule has 168 valence electrons. The monoisotopic (exact) mass is 514 g/mol. The second kappa shape index (κ2) is 10.2. The van der Waals surface area contributed by atoms with E-state index in [4.69, 9.17) is 9.47 Å². The molecule has 0 atom stereocenters. The Hall–Kier alpha value is -4.15. The third-order valence-electron chi connectivity index (χ3n) is 5.28. The average molecular weight is 515 g/mol. The summed E-state index contributed by atoms with van der Waals surface area (Å²) in [4.78, 5) is 10.6. The van der Waals surface area contributed by atoms with Gasteiger partial charge in [-0.3, -0.25) is 10.1 Å². The molecule has 0 spiro atoms. The first-order valence-corrected chi connectivity index (χ1v) is 11.1. The number of fused-ring (bicyclic) bond motifs is 1. The van der Waals surface area contributed by atoms with E-state index in [0.29, 0.717) is 22.6 Å². The van der Waals surface area contributed by atoms with E-state index in [-0.39, 0.29) is 12.3 Å². The highest BCUT2D eigenvalue weighted by atomic mass is 79.9. The predicted molar refractivity (Wildman–Crippen MR) is 136 cm³/mol. The molecule has 0 radical (unpaired) electrons. The second-order valence-electron chi connectivity index (χ2n) is 7.47. The summed E-state index contributed by atoms with van der Waals surface area (Å²) in [5, 5.41) is 23.0. The highest BCUT2D eigenvalue weighted by Gasteiger charge is 2.13. The largest absolute Gasteiger partial charge is 0.493 e. The number of hydrogen-bond acceptors (Lipinski definition) is 5. The minimum Gasteiger partial charge on any atom is -0.493 e. The van der Waals surface area contributed by atoms with Crippen molar-refractivity contribution in [1.82, 2.24) is 0 Å². The number of nitro groups is 1. The summed E-state index contributed by atoms with van der Waals surface area (Å²) in [5.74, 6) is 0.956. The van der Waals surface area contributed by atoms with Crippen molar-refractivity contribution in [3.63, 3.8) is 0 Å². The Balaban J connectivity index is 1.62. The lowest BCUT2D eigenvalue weighted by Gasteiger charge is -2.13. The highest BCUT2D eigenvalue weighted by Crippen LogP contribution is 2.36. The maximum absolute atomic E-state index is 11.0. The van der Waals surface area contributed by atoms with Crippen LogP contribution in [0.3, 0.4) is 0 Å². The Morgan fingerprint density at radius 3 is 2.56 bits per heavy atom. The molecule has 34 heavy (non-hydrogen) atoms. The van der Waals surface area contributed by atoms with Crippen molar-refractivity contribution < 1.29 is 14.4 Å². The van der Waals surface area contributed by atoms with Crippen LogP contribution < -0.4 is 9.47 Å². The van der Waals surface area contributed by atoms with E-state index >= 15 is 0 Å². The van der Waals surface area contributed by atoms with Gasteiger partial charge in [-0.25, -0.2) is 0 Å². The van der Waals surface area contributed by atoms with Crippen LogP contribution in [0.25, 0.3) is 22.4 Å². The van der Waals surface area contributed by atoms with Crippen molar-refractivity contribution in [1.29, 1.82) is 5.26 Å². The van der Waals surface area contributed by atoms with Gasteiger partial charge >= 0.3 is 0 Å². The molecule has 0 aliphatic carbocycles. The Bertz CT molecular complexity index is 1460. The molecule has 0 aromatic heterocycles. The van der Waals surface area contributed by atoms with Gasteiger partial charge in [-0.2, -0.15) is 5.26 Å². The van der Waals surface area contributed by atoms with E-state index in [2.05, 4.69) is 22.0 Å². The molecule has 0 amide bonds. The minimum absolute atomic E-state index is 0.00690. The van der Waals surface area contributed by atoms with Crippen molar-refractivity contribution in [2.24, 2.45) is 0 Å². The highest BCUT2D eigenvalue weighted by molar-refractivity contribution is 9.10. The summed E-state index contributed by atoms with van der Waals surface area (Å²) in [5.41, 5.74) is 2.76. The fraction of sp³-hybridized carbons (Fsp3) is 0.0741. The first-order valence-electron chi connectivity index (χ1n) is 10.3. The maximum Gasteiger partial charge on any atom is 0.269 e. The number of ether oxygens (including phenoxy) is 2. The molecule has 0 fully saturated rings. The van der Waals surface area contributed by atoms with E-state index in [1.807, 2.05) is 42.5 Å². The Kier molecular flexibility index (Phi) is 6.90. The number of nitriles is 1. The molecule has 0 aliphatic heterocycles. The smallest absolute Gasteiger partial charge is 0.269 e. The zero-order valence-corrected chi connectivity index (χ0v) is 19.8. The third-order valence-corrected chi connectivity index (χ3v) is 5.97. The topological polar surface area (TPSA) is 85.4 Å². The first kappa shape index (κ1) is 23.0. The number of nitro benzene ring substituents is 1. The molecule has 6 nitrogen and oxygen atoms in total. The molecule has 0 saturated carbocycles. The minimum atomic E-state index is -0.440. The first-order chi connectivity index (χ1) is 16.5. The second-order valence-corrected chi connectivity index (χ2v) is 8.33. The molecule has 4 aromatic carbocycles. The summed E-state index contributed by atoms with van der Waals surface area (Å²) in [6.45, 7) is 0.139. The molecule has 7 heteroatoms. The summed E-state index contributed by atoms with van der Waals surface area (Å²) >= 11 is 3.56. The number of allylic oxidation sites excluding steroid dienone is 1. The Morgan fingerprint density at radius 1 is 1.03 bits per heavy atom. The van der Waals surface area contributed by atoms with Crippen LogP contribution in [0.5, 0.6) is 11.5 Å². The van der Waals surface area contributed by atoms with Crippen LogP contribution in [-0.4, -0.2) is 12.0 Å². The van der Waals surface area contributed by atoms with E-state index in [0.717, 1.165) is 26.4 Å². The maximum atomic E-state index is 11.0. The zero-order chi connectivity index (χ0) is 24.1. The van der Waals surface area contributed by atoms with Crippen molar-refractivity contribution in [2.45, 2.75) is 6.61 Å². The van der Waals surface area contributed by atoms with E-state index in [1.54, 1.807) is 30.3 Å². The van der Waals surface area contributed by atoms with Gasteiger partial charge in [0.15, 0.2) is 11.5 Å². The van der Waals surface area contributed by atoms with Crippen LogP contribution in [0, 0.1) is 21.4 Å². The summed E-state index contributed by atoms with van der Waals surface area (Å²) in [7, 11) is 1.53. The molecule has 0 saturated heterocycles. The van der Waals surface area contributed by atoms with E-state index in [1.165, 1.54) is 19.2 Å². The van der Waals surface area contributed by atoms with Crippen molar-refractivity contribution in [3.05, 3.63) is 110 Å². The van der Waals surface area contributed by atoms with Gasteiger partial charge in [-0.15, -0.1) is 0 Å². The number of rotatable bonds is 7. The molecule has 4 rings (SSSR count). The summed E-state index contributed by atoms with van der Waals surface area (Å²) in [6.07, 6.45) is 1.79. The lowest BCUT2D eigenvalue weighted by atomic mass is 10.00. The van der Waals surface area contributed by atoms with Gasteiger partial charge in [0, 0.05) is 16.6 Å². The number of non-ortho nitro benzene ring substituents is 1.